The maximum atomic E-state index is 12.6. The van der Waals surface area contributed by atoms with Crippen molar-refractivity contribution in [1.82, 2.24) is 15.1 Å². The van der Waals surface area contributed by atoms with Gasteiger partial charge < -0.3 is 20.6 Å². The fraction of sp³-hybridized carbons (Fsp3) is 0.652. The molecule has 0 bridgehead atoms. The van der Waals surface area contributed by atoms with Gasteiger partial charge in [-0.3, -0.25) is 9.69 Å². The van der Waals surface area contributed by atoms with Gasteiger partial charge in [0.15, 0.2) is 0 Å². The monoisotopic (exact) mass is 416 g/mol. The van der Waals surface area contributed by atoms with Gasteiger partial charge in [-0.15, -0.1) is 0 Å². The topological polar surface area (TPSA) is 84.9 Å². The van der Waals surface area contributed by atoms with Crippen LogP contribution in [-0.2, 0) is 0 Å². The summed E-state index contributed by atoms with van der Waals surface area (Å²) in [7, 11) is 0. The van der Waals surface area contributed by atoms with Crippen molar-refractivity contribution in [2.45, 2.75) is 51.5 Å². The molecule has 2 aliphatic heterocycles. The lowest BCUT2D eigenvalue weighted by atomic mass is 9.98. The SMILES string of the molecule is CC1CCN(C(=O)c2ccc(NC(=O)NCCCCN3CCCC3CO)cc2)CC1. The average Bonchev–Trinajstić information content (AvgIpc) is 3.21. The van der Waals surface area contributed by atoms with E-state index in [1.807, 2.05) is 4.90 Å². The van der Waals surface area contributed by atoms with Gasteiger partial charge in [-0.05, 0) is 81.8 Å². The molecular weight excluding hydrogens is 380 g/mol. The number of hydrogen-bond donors (Lipinski definition) is 3. The predicted molar refractivity (Wildman–Crippen MR) is 119 cm³/mol. The number of anilines is 1. The number of nitrogens with zero attached hydrogens (tertiary/aromatic N) is 2. The Morgan fingerprint density at radius 3 is 2.50 bits per heavy atom. The van der Waals surface area contributed by atoms with Gasteiger partial charge in [0, 0.05) is 36.9 Å². The van der Waals surface area contributed by atoms with Crippen molar-refractivity contribution in [3.8, 4) is 0 Å². The summed E-state index contributed by atoms with van der Waals surface area (Å²) in [5.41, 5.74) is 1.35. The third-order valence-corrected chi connectivity index (χ3v) is 6.33. The van der Waals surface area contributed by atoms with Crippen LogP contribution in [0.3, 0.4) is 0 Å². The van der Waals surface area contributed by atoms with Gasteiger partial charge in [0.2, 0.25) is 0 Å². The van der Waals surface area contributed by atoms with E-state index in [0.717, 1.165) is 64.7 Å². The molecule has 0 saturated carbocycles. The molecule has 2 aliphatic rings. The van der Waals surface area contributed by atoms with Gasteiger partial charge >= 0.3 is 6.03 Å². The Kier molecular flexibility index (Phi) is 8.51. The summed E-state index contributed by atoms with van der Waals surface area (Å²) >= 11 is 0. The smallest absolute Gasteiger partial charge is 0.319 e. The second kappa shape index (κ2) is 11.3. The Labute approximate surface area is 179 Å². The zero-order chi connectivity index (χ0) is 21.3. The lowest BCUT2D eigenvalue weighted by Gasteiger charge is -2.30. The van der Waals surface area contributed by atoms with Crippen molar-refractivity contribution in [1.29, 1.82) is 0 Å². The van der Waals surface area contributed by atoms with Gasteiger partial charge in [0.25, 0.3) is 5.91 Å². The maximum Gasteiger partial charge on any atom is 0.319 e. The quantitative estimate of drug-likeness (QED) is 0.569. The standard InChI is InChI=1S/C23H36N4O3/c1-18-10-15-27(16-11-18)22(29)19-6-8-20(9-7-19)25-23(30)24-12-2-3-13-26-14-4-5-21(26)17-28/h6-9,18,21,28H,2-5,10-17H2,1H3,(H2,24,25,30). The van der Waals surface area contributed by atoms with E-state index in [1.165, 1.54) is 0 Å². The summed E-state index contributed by atoms with van der Waals surface area (Å²) in [4.78, 5) is 28.9. The average molecular weight is 417 g/mol. The van der Waals surface area contributed by atoms with Crippen molar-refractivity contribution >= 4 is 17.6 Å². The fourth-order valence-electron chi connectivity index (χ4n) is 4.30. The Bertz CT molecular complexity index is 686. The molecule has 166 valence electrons. The Hall–Kier alpha value is -2.12. The highest BCUT2D eigenvalue weighted by molar-refractivity contribution is 5.95. The molecule has 0 aromatic heterocycles. The largest absolute Gasteiger partial charge is 0.395 e. The highest BCUT2D eigenvalue weighted by atomic mass is 16.3. The number of benzene rings is 1. The Morgan fingerprint density at radius 1 is 1.07 bits per heavy atom. The first kappa shape index (κ1) is 22.6. The maximum absolute atomic E-state index is 12.6. The summed E-state index contributed by atoms with van der Waals surface area (Å²) in [6, 6.07) is 7.21. The molecule has 3 rings (SSSR count). The summed E-state index contributed by atoms with van der Waals surface area (Å²) in [6.45, 7) is 6.76. The number of piperidine rings is 1. The van der Waals surface area contributed by atoms with Crippen LogP contribution in [0.15, 0.2) is 24.3 Å². The van der Waals surface area contributed by atoms with Crippen LogP contribution < -0.4 is 10.6 Å². The molecule has 1 unspecified atom stereocenters. The van der Waals surface area contributed by atoms with E-state index in [9.17, 15) is 14.7 Å². The predicted octanol–water partition coefficient (Wildman–Crippen LogP) is 2.92. The summed E-state index contributed by atoms with van der Waals surface area (Å²) in [5, 5.41) is 15.1. The molecule has 7 nitrogen and oxygen atoms in total. The molecule has 2 saturated heterocycles. The molecule has 1 atom stereocenters. The molecule has 3 N–H and O–H groups in total. The zero-order valence-electron chi connectivity index (χ0n) is 18.1. The number of rotatable bonds is 8. The van der Waals surface area contributed by atoms with E-state index in [0.29, 0.717) is 29.8 Å². The summed E-state index contributed by atoms with van der Waals surface area (Å²) < 4.78 is 0. The van der Waals surface area contributed by atoms with Crippen LogP contribution in [0.1, 0.15) is 55.8 Å². The number of urea groups is 1. The van der Waals surface area contributed by atoms with Crippen molar-refractivity contribution in [3.63, 3.8) is 0 Å². The molecule has 2 fully saturated rings. The van der Waals surface area contributed by atoms with Crippen LogP contribution in [0.25, 0.3) is 0 Å². The Balaban J connectivity index is 1.33. The first-order valence-corrected chi connectivity index (χ1v) is 11.4. The van der Waals surface area contributed by atoms with Crippen molar-refractivity contribution in [3.05, 3.63) is 29.8 Å². The van der Waals surface area contributed by atoms with E-state index < -0.39 is 0 Å². The first-order chi connectivity index (χ1) is 14.6. The van der Waals surface area contributed by atoms with Crippen molar-refractivity contribution < 1.29 is 14.7 Å². The number of carbonyl (C=O) groups excluding carboxylic acids is 2. The number of aliphatic hydroxyl groups excluding tert-OH is 1. The van der Waals surface area contributed by atoms with Crippen LogP contribution in [0.2, 0.25) is 0 Å². The van der Waals surface area contributed by atoms with E-state index >= 15 is 0 Å². The lowest BCUT2D eigenvalue weighted by Crippen LogP contribution is -2.37. The number of hydrogen-bond acceptors (Lipinski definition) is 4. The second-order valence-electron chi connectivity index (χ2n) is 8.65. The van der Waals surface area contributed by atoms with Crippen molar-refractivity contribution in [2.75, 3.05) is 44.6 Å². The van der Waals surface area contributed by atoms with E-state index in [4.69, 9.17) is 0 Å². The minimum Gasteiger partial charge on any atom is -0.395 e. The van der Waals surface area contributed by atoms with E-state index in [1.54, 1.807) is 24.3 Å². The van der Waals surface area contributed by atoms with Crippen LogP contribution in [-0.4, -0.2) is 72.2 Å². The lowest BCUT2D eigenvalue weighted by molar-refractivity contribution is 0.0697. The van der Waals surface area contributed by atoms with Crippen LogP contribution in [0.5, 0.6) is 0 Å². The molecule has 3 amide bonds. The highest BCUT2D eigenvalue weighted by Crippen LogP contribution is 2.19. The molecule has 1 aromatic carbocycles. The number of aliphatic hydroxyl groups is 1. The van der Waals surface area contributed by atoms with E-state index in [2.05, 4.69) is 22.5 Å². The molecule has 30 heavy (non-hydrogen) atoms. The summed E-state index contributed by atoms with van der Waals surface area (Å²) in [6.07, 6.45) is 6.27. The van der Waals surface area contributed by atoms with E-state index in [-0.39, 0.29) is 18.5 Å². The van der Waals surface area contributed by atoms with Crippen LogP contribution in [0.4, 0.5) is 10.5 Å². The van der Waals surface area contributed by atoms with Gasteiger partial charge in [0.1, 0.15) is 0 Å². The van der Waals surface area contributed by atoms with Gasteiger partial charge in [-0.2, -0.15) is 0 Å². The minimum absolute atomic E-state index is 0.0688. The molecule has 0 aliphatic carbocycles. The summed E-state index contributed by atoms with van der Waals surface area (Å²) in [5.74, 6) is 0.760. The van der Waals surface area contributed by atoms with Crippen LogP contribution in [0, 0.1) is 5.92 Å². The minimum atomic E-state index is -0.228. The van der Waals surface area contributed by atoms with Gasteiger partial charge in [0.05, 0.1) is 6.61 Å². The number of amides is 3. The normalized spacial score (nSPS) is 20.3. The molecular formula is C23H36N4O3. The number of unbranched alkanes of at least 4 members (excludes halogenated alkanes) is 1. The molecule has 1 aromatic rings. The Morgan fingerprint density at radius 2 is 1.80 bits per heavy atom. The second-order valence-corrected chi connectivity index (χ2v) is 8.65. The van der Waals surface area contributed by atoms with Crippen LogP contribution >= 0.6 is 0 Å². The highest BCUT2D eigenvalue weighted by Gasteiger charge is 2.23. The van der Waals surface area contributed by atoms with Crippen molar-refractivity contribution in [2.24, 2.45) is 5.92 Å². The molecule has 0 spiro atoms. The van der Waals surface area contributed by atoms with Gasteiger partial charge in [-0.1, -0.05) is 6.92 Å². The number of carbonyl (C=O) groups is 2. The molecule has 0 radical (unpaired) electrons. The number of nitrogens with one attached hydrogen (secondary N) is 2. The fourth-order valence-corrected chi connectivity index (χ4v) is 4.30. The van der Waals surface area contributed by atoms with Gasteiger partial charge in [-0.25, -0.2) is 4.79 Å². The first-order valence-electron chi connectivity index (χ1n) is 11.4. The molecule has 7 heteroatoms. The molecule has 2 heterocycles. The third kappa shape index (κ3) is 6.44. The third-order valence-electron chi connectivity index (χ3n) is 6.33. The number of likely N-dealkylation sites (tertiary alicyclic amines) is 2. The zero-order valence-corrected chi connectivity index (χ0v) is 18.1.